The molecule has 0 spiro atoms. The van der Waals surface area contributed by atoms with Crippen molar-refractivity contribution >= 4 is 5.91 Å². The molecule has 3 aromatic rings. The first kappa shape index (κ1) is 22.8. The molecule has 0 aromatic heterocycles. The van der Waals surface area contributed by atoms with E-state index >= 15 is 0 Å². The van der Waals surface area contributed by atoms with Crippen LogP contribution in [0.5, 0.6) is 11.5 Å². The zero-order chi connectivity index (χ0) is 23.2. The number of ether oxygens (including phenoxy) is 2. The molecule has 1 heterocycles. The molecule has 0 fully saturated rings. The smallest absolute Gasteiger partial charge is 0.224 e. The van der Waals surface area contributed by atoms with Gasteiger partial charge in [0.15, 0.2) is 11.5 Å². The Kier molecular flexibility index (Phi) is 7.25. The van der Waals surface area contributed by atoms with Gasteiger partial charge < -0.3 is 14.8 Å². The fourth-order valence-electron chi connectivity index (χ4n) is 4.43. The summed E-state index contributed by atoms with van der Waals surface area (Å²) in [5.41, 5.74) is 4.14. The molecule has 0 unspecified atom stereocenters. The third-order valence-electron chi connectivity index (χ3n) is 6.09. The molecule has 1 amide bonds. The van der Waals surface area contributed by atoms with E-state index in [1.165, 1.54) is 11.6 Å². The molecule has 0 aliphatic carbocycles. The Bertz CT molecular complexity index is 1100. The second kappa shape index (κ2) is 10.5. The van der Waals surface area contributed by atoms with Crippen molar-refractivity contribution < 1.29 is 18.7 Å². The lowest BCUT2D eigenvalue weighted by molar-refractivity contribution is -0.120. The summed E-state index contributed by atoms with van der Waals surface area (Å²) in [6, 6.07) is 20.3. The number of hydrogen-bond acceptors (Lipinski definition) is 4. The fourth-order valence-corrected chi connectivity index (χ4v) is 4.43. The van der Waals surface area contributed by atoms with Crippen molar-refractivity contribution in [3.8, 4) is 11.5 Å². The third kappa shape index (κ3) is 5.52. The average Bonchev–Trinajstić information content (AvgIpc) is 2.83. The van der Waals surface area contributed by atoms with Gasteiger partial charge in [-0.25, -0.2) is 4.39 Å². The standard InChI is InChI=1S/C27H29FN2O3/c1-32-25-15-21-11-12-30(18-20-9-6-10-22(28)13-20)24(23(21)16-26(25)33-2)17-29-27(31)14-19-7-4-3-5-8-19/h3-10,13,15-16,24H,11-12,14,17-18H2,1-2H3,(H,29,31)/t24-/m1/s1. The third-order valence-corrected chi connectivity index (χ3v) is 6.09. The quantitative estimate of drug-likeness (QED) is 0.558. The normalized spacial score (nSPS) is 15.5. The van der Waals surface area contributed by atoms with Gasteiger partial charge in [-0.1, -0.05) is 42.5 Å². The fraction of sp³-hybridized carbons (Fsp3) is 0.296. The topological polar surface area (TPSA) is 50.8 Å². The van der Waals surface area contributed by atoms with Crippen LogP contribution < -0.4 is 14.8 Å². The molecule has 0 saturated carbocycles. The van der Waals surface area contributed by atoms with Gasteiger partial charge in [0.2, 0.25) is 5.91 Å². The van der Waals surface area contributed by atoms with E-state index in [1.807, 2.05) is 48.5 Å². The highest BCUT2D eigenvalue weighted by atomic mass is 19.1. The minimum Gasteiger partial charge on any atom is -0.493 e. The number of methoxy groups -OCH3 is 2. The van der Waals surface area contributed by atoms with Crippen LogP contribution in [0.3, 0.4) is 0 Å². The van der Waals surface area contributed by atoms with Crippen LogP contribution in [0.25, 0.3) is 0 Å². The highest BCUT2D eigenvalue weighted by Crippen LogP contribution is 2.38. The number of amides is 1. The summed E-state index contributed by atoms with van der Waals surface area (Å²) in [7, 11) is 3.25. The number of hydrogen-bond donors (Lipinski definition) is 1. The van der Waals surface area contributed by atoms with Gasteiger partial charge >= 0.3 is 0 Å². The summed E-state index contributed by atoms with van der Waals surface area (Å²) in [6.07, 6.45) is 1.16. The second-order valence-corrected chi connectivity index (χ2v) is 8.24. The van der Waals surface area contributed by atoms with E-state index in [2.05, 4.69) is 10.2 Å². The van der Waals surface area contributed by atoms with E-state index in [0.717, 1.165) is 29.7 Å². The van der Waals surface area contributed by atoms with Crippen LogP contribution in [0.15, 0.2) is 66.7 Å². The summed E-state index contributed by atoms with van der Waals surface area (Å²) >= 11 is 0. The van der Waals surface area contributed by atoms with Crippen molar-refractivity contribution in [1.82, 2.24) is 10.2 Å². The number of rotatable bonds is 8. The zero-order valence-electron chi connectivity index (χ0n) is 19.0. The number of benzene rings is 3. The maximum Gasteiger partial charge on any atom is 0.224 e. The van der Waals surface area contributed by atoms with Gasteiger partial charge in [-0.2, -0.15) is 0 Å². The molecular weight excluding hydrogens is 419 g/mol. The van der Waals surface area contributed by atoms with E-state index in [-0.39, 0.29) is 17.8 Å². The van der Waals surface area contributed by atoms with Crippen molar-refractivity contribution in [3.05, 3.63) is 94.8 Å². The van der Waals surface area contributed by atoms with Gasteiger partial charge in [-0.05, 0) is 52.9 Å². The molecule has 1 N–H and O–H groups in total. The lowest BCUT2D eigenvalue weighted by atomic mass is 9.91. The van der Waals surface area contributed by atoms with Gasteiger partial charge in [-0.3, -0.25) is 9.69 Å². The molecule has 0 saturated heterocycles. The van der Waals surface area contributed by atoms with Gasteiger partial charge in [-0.15, -0.1) is 0 Å². The Morgan fingerprint density at radius 2 is 1.73 bits per heavy atom. The van der Waals surface area contributed by atoms with Gasteiger partial charge in [0.05, 0.1) is 26.7 Å². The van der Waals surface area contributed by atoms with Crippen LogP contribution in [0.1, 0.15) is 28.3 Å². The minimum absolute atomic E-state index is 0.0282. The van der Waals surface area contributed by atoms with Gasteiger partial charge in [0.1, 0.15) is 5.82 Å². The van der Waals surface area contributed by atoms with Crippen molar-refractivity contribution in [1.29, 1.82) is 0 Å². The van der Waals surface area contributed by atoms with Crippen LogP contribution >= 0.6 is 0 Å². The molecule has 1 atom stereocenters. The Labute approximate surface area is 194 Å². The van der Waals surface area contributed by atoms with E-state index < -0.39 is 0 Å². The Morgan fingerprint density at radius 3 is 2.45 bits per heavy atom. The second-order valence-electron chi connectivity index (χ2n) is 8.24. The molecule has 33 heavy (non-hydrogen) atoms. The molecule has 1 aliphatic rings. The summed E-state index contributed by atoms with van der Waals surface area (Å²) in [5, 5.41) is 3.11. The number of nitrogens with one attached hydrogen (secondary N) is 1. The van der Waals surface area contributed by atoms with Crippen LogP contribution in [0.4, 0.5) is 4.39 Å². The minimum atomic E-state index is -0.246. The van der Waals surface area contributed by atoms with E-state index in [0.29, 0.717) is 31.0 Å². The molecule has 5 nitrogen and oxygen atoms in total. The van der Waals surface area contributed by atoms with Crippen LogP contribution in [-0.2, 0) is 24.2 Å². The Balaban J connectivity index is 1.58. The Morgan fingerprint density at radius 1 is 1.00 bits per heavy atom. The first-order valence-corrected chi connectivity index (χ1v) is 11.1. The maximum atomic E-state index is 13.8. The van der Waals surface area contributed by atoms with Crippen molar-refractivity contribution in [3.63, 3.8) is 0 Å². The number of carbonyl (C=O) groups excluding carboxylic acids is 1. The lowest BCUT2D eigenvalue weighted by Crippen LogP contribution is -2.42. The molecule has 6 heteroatoms. The van der Waals surface area contributed by atoms with Crippen molar-refractivity contribution in [2.45, 2.75) is 25.4 Å². The van der Waals surface area contributed by atoms with Crippen LogP contribution in [-0.4, -0.2) is 38.1 Å². The first-order chi connectivity index (χ1) is 16.1. The predicted octanol–water partition coefficient (Wildman–Crippen LogP) is 4.30. The maximum absolute atomic E-state index is 13.8. The number of fused-ring (bicyclic) bond motifs is 1. The summed E-state index contributed by atoms with van der Waals surface area (Å²) in [4.78, 5) is 15.0. The molecule has 4 rings (SSSR count). The highest BCUT2D eigenvalue weighted by molar-refractivity contribution is 5.78. The van der Waals surface area contributed by atoms with Crippen LogP contribution in [0.2, 0.25) is 0 Å². The van der Waals surface area contributed by atoms with Gasteiger partial charge in [0.25, 0.3) is 0 Å². The van der Waals surface area contributed by atoms with Gasteiger partial charge in [0, 0.05) is 19.6 Å². The zero-order valence-corrected chi connectivity index (χ0v) is 19.0. The lowest BCUT2D eigenvalue weighted by Gasteiger charge is -2.38. The average molecular weight is 449 g/mol. The molecule has 1 aliphatic heterocycles. The van der Waals surface area contributed by atoms with Crippen molar-refractivity contribution in [2.24, 2.45) is 0 Å². The number of halogens is 1. The molecule has 0 radical (unpaired) electrons. The summed E-state index contributed by atoms with van der Waals surface area (Å²) in [5.74, 6) is 1.08. The number of nitrogens with zero attached hydrogens (tertiary/aromatic N) is 1. The first-order valence-electron chi connectivity index (χ1n) is 11.1. The molecule has 3 aromatic carbocycles. The predicted molar refractivity (Wildman–Crippen MR) is 126 cm³/mol. The van der Waals surface area contributed by atoms with E-state index in [1.54, 1.807) is 26.4 Å². The van der Waals surface area contributed by atoms with Crippen LogP contribution in [0, 0.1) is 5.82 Å². The highest BCUT2D eigenvalue weighted by Gasteiger charge is 2.29. The van der Waals surface area contributed by atoms with Crippen molar-refractivity contribution in [2.75, 3.05) is 27.3 Å². The largest absolute Gasteiger partial charge is 0.493 e. The SMILES string of the molecule is COc1cc2c(cc1OC)[C@@H](CNC(=O)Cc1ccccc1)N(Cc1cccc(F)c1)CC2. The summed E-state index contributed by atoms with van der Waals surface area (Å²) in [6.45, 7) is 1.83. The summed E-state index contributed by atoms with van der Waals surface area (Å²) < 4.78 is 24.8. The van der Waals surface area contributed by atoms with E-state index in [9.17, 15) is 9.18 Å². The van der Waals surface area contributed by atoms with E-state index in [4.69, 9.17) is 9.47 Å². The Hall–Kier alpha value is -3.38. The molecular formula is C27H29FN2O3. The molecule has 0 bridgehead atoms. The number of carbonyl (C=O) groups is 1. The molecule has 172 valence electrons. The monoisotopic (exact) mass is 448 g/mol.